The number of sulfonamides is 1. The molecule has 0 spiro atoms. The second-order valence-electron chi connectivity index (χ2n) is 5.11. The van der Waals surface area contributed by atoms with Gasteiger partial charge in [-0.2, -0.15) is 18.2 Å². The molecule has 1 heterocycles. The van der Waals surface area contributed by atoms with Crippen LogP contribution in [0.4, 0.5) is 24.8 Å². The van der Waals surface area contributed by atoms with Crippen molar-refractivity contribution in [2.75, 3.05) is 11.9 Å². The van der Waals surface area contributed by atoms with E-state index in [1.165, 1.54) is 30.5 Å². The Hall–Kier alpha value is -1.92. The molecule has 142 valence electrons. The van der Waals surface area contributed by atoms with Crippen LogP contribution in [-0.2, 0) is 10.0 Å². The van der Waals surface area contributed by atoms with Gasteiger partial charge in [-0.3, -0.25) is 0 Å². The van der Waals surface area contributed by atoms with Gasteiger partial charge >= 0.3 is 6.18 Å². The van der Waals surface area contributed by atoms with Crippen molar-refractivity contribution in [3.05, 3.63) is 34.9 Å². The van der Waals surface area contributed by atoms with Crippen molar-refractivity contribution in [1.29, 1.82) is 0 Å². The van der Waals surface area contributed by atoms with E-state index in [4.69, 9.17) is 9.88 Å². The number of nitrogens with one attached hydrogen (secondary N) is 1. The number of nitrogens with zero attached hydrogens (tertiary/aromatic N) is 2. The topological polar surface area (TPSA) is 107 Å². The summed E-state index contributed by atoms with van der Waals surface area (Å²) in [6.45, 7) is -0.155. The predicted molar refractivity (Wildman–Crippen MR) is 91.6 cm³/mol. The Bertz CT molecular complexity index is 861. The van der Waals surface area contributed by atoms with Gasteiger partial charge in [0.15, 0.2) is 0 Å². The summed E-state index contributed by atoms with van der Waals surface area (Å²) >= 11 is 3.16. The van der Waals surface area contributed by atoms with Crippen molar-refractivity contribution < 1.29 is 26.3 Å². The lowest BCUT2D eigenvalue weighted by Crippen LogP contribution is -2.12. The minimum Gasteiger partial charge on any atom is -0.477 e. The quantitative estimate of drug-likeness (QED) is 0.621. The molecule has 0 bridgehead atoms. The van der Waals surface area contributed by atoms with Gasteiger partial charge < -0.3 is 10.1 Å². The third-order valence-electron chi connectivity index (χ3n) is 2.99. The summed E-state index contributed by atoms with van der Waals surface area (Å²) in [6.07, 6.45) is -4.00. The normalized spacial score (nSPS) is 12.0. The summed E-state index contributed by atoms with van der Waals surface area (Å²) in [6, 6.07) is 5.56. The Kier molecular flexibility index (Phi) is 6.42. The van der Waals surface area contributed by atoms with E-state index in [1.54, 1.807) is 0 Å². The van der Waals surface area contributed by atoms with Gasteiger partial charge in [0.1, 0.15) is 0 Å². The van der Waals surface area contributed by atoms with Crippen LogP contribution < -0.4 is 15.2 Å². The van der Waals surface area contributed by atoms with Crippen LogP contribution in [0.2, 0.25) is 0 Å². The number of hydrogen-bond donors (Lipinski definition) is 2. The van der Waals surface area contributed by atoms with Gasteiger partial charge in [-0.25, -0.2) is 18.5 Å². The first-order chi connectivity index (χ1) is 12.0. The lowest BCUT2D eigenvalue weighted by molar-refractivity contribution is -0.136. The summed E-state index contributed by atoms with van der Waals surface area (Å²) in [5.74, 6) is 0.216. The number of benzene rings is 1. The minimum atomic E-state index is -4.23. The Morgan fingerprint density at radius 3 is 2.46 bits per heavy atom. The van der Waals surface area contributed by atoms with Crippen LogP contribution in [0.3, 0.4) is 0 Å². The van der Waals surface area contributed by atoms with Crippen molar-refractivity contribution >= 4 is 37.6 Å². The van der Waals surface area contributed by atoms with Crippen LogP contribution in [0.5, 0.6) is 5.88 Å². The van der Waals surface area contributed by atoms with Crippen LogP contribution in [0, 0.1) is 0 Å². The number of aromatic nitrogens is 2. The van der Waals surface area contributed by atoms with Crippen LogP contribution in [0.15, 0.2) is 39.8 Å². The third-order valence-corrected chi connectivity index (χ3v) is 4.47. The number of rotatable bonds is 7. The molecule has 0 atom stereocenters. The van der Waals surface area contributed by atoms with Crippen molar-refractivity contribution in [3.8, 4) is 5.88 Å². The molecule has 7 nitrogen and oxygen atoms in total. The monoisotopic (exact) mass is 454 g/mol. The Balaban J connectivity index is 2.02. The summed E-state index contributed by atoms with van der Waals surface area (Å²) in [4.78, 5) is 8.01. The highest BCUT2D eigenvalue weighted by atomic mass is 79.9. The van der Waals surface area contributed by atoms with Crippen molar-refractivity contribution in [2.45, 2.75) is 23.9 Å². The van der Waals surface area contributed by atoms with Crippen LogP contribution in [0.1, 0.15) is 12.8 Å². The van der Waals surface area contributed by atoms with E-state index in [1.807, 2.05) is 0 Å². The fourth-order valence-corrected chi connectivity index (χ4v) is 2.63. The second-order valence-corrected chi connectivity index (χ2v) is 7.52. The average molecular weight is 455 g/mol. The van der Waals surface area contributed by atoms with Crippen molar-refractivity contribution in [2.24, 2.45) is 5.14 Å². The molecule has 12 heteroatoms. The van der Waals surface area contributed by atoms with E-state index in [0.29, 0.717) is 10.2 Å². The maximum atomic E-state index is 12.1. The summed E-state index contributed by atoms with van der Waals surface area (Å²) < 4.78 is 64.4. The molecule has 2 aromatic rings. The Morgan fingerprint density at radius 2 is 1.88 bits per heavy atom. The summed E-state index contributed by atoms with van der Waals surface area (Å²) in [5.41, 5.74) is 0.489. The number of alkyl halides is 3. The standard InChI is InChI=1S/C14H14BrF3N4O3S/c15-11-8-20-13(22-12(11)25-7-1-6-14(16,17)18)21-9-2-4-10(5-3-9)26(19,23)24/h2-5,8H,1,6-7H2,(H2,19,23,24)(H,20,21,22). The molecule has 0 radical (unpaired) electrons. The first kappa shape index (κ1) is 20.4. The molecular formula is C14H14BrF3N4O3S. The number of nitrogens with two attached hydrogens (primary N) is 1. The van der Waals surface area contributed by atoms with Gasteiger partial charge in [0.05, 0.1) is 22.2 Å². The molecule has 2 rings (SSSR count). The molecule has 1 aromatic heterocycles. The first-order valence-corrected chi connectivity index (χ1v) is 9.50. The second kappa shape index (κ2) is 8.18. The van der Waals surface area contributed by atoms with E-state index in [-0.39, 0.29) is 29.8 Å². The number of hydrogen-bond acceptors (Lipinski definition) is 6. The van der Waals surface area contributed by atoms with Gasteiger partial charge in [-0.05, 0) is 46.6 Å². The lowest BCUT2D eigenvalue weighted by Gasteiger charge is -2.10. The third kappa shape index (κ3) is 6.42. The molecule has 26 heavy (non-hydrogen) atoms. The zero-order valence-corrected chi connectivity index (χ0v) is 15.5. The molecule has 3 N–H and O–H groups in total. The maximum absolute atomic E-state index is 12.1. The largest absolute Gasteiger partial charge is 0.477 e. The lowest BCUT2D eigenvalue weighted by atomic mass is 10.3. The Labute approximate surface area is 156 Å². The molecule has 0 saturated carbocycles. The summed E-state index contributed by atoms with van der Waals surface area (Å²) in [5, 5.41) is 7.84. The van der Waals surface area contributed by atoms with Gasteiger partial charge in [0, 0.05) is 12.1 Å². The number of halogens is 4. The maximum Gasteiger partial charge on any atom is 0.389 e. The van der Waals surface area contributed by atoms with Gasteiger partial charge in [0.25, 0.3) is 0 Å². The van der Waals surface area contributed by atoms with E-state index >= 15 is 0 Å². The average Bonchev–Trinajstić information content (AvgIpc) is 2.53. The first-order valence-electron chi connectivity index (χ1n) is 7.16. The fraction of sp³-hybridized carbons (Fsp3) is 0.286. The van der Waals surface area contributed by atoms with Gasteiger partial charge in [-0.15, -0.1) is 0 Å². The van der Waals surface area contributed by atoms with E-state index in [2.05, 4.69) is 31.2 Å². The van der Waals surface area contributed by atoms with Crippen LogP contribution >= 0.6 is 15.9 Å². The highest BCUT2D eigenvalue weighted by molar-refractivity contribution is 9.10. The summed E-state index contributed by atoms with van der Waals surface area (Å²) in [7, 11) is -3.79. The molecular weight excluding hydrogens is 441 g/mol. The molecule has 0 amide bonds. The fourth-order valence-electron chi connectivity index (χ4n) is 1.81. The zero-order valence-electron chi connectivity index (χ0n) is 13.1. The van der Waals surface area contributed by atoms with Crippen LogP contribution in [-0.4, -0.2) is 31.2 Å². The molecule has 0 aliphatic carbocycles. The Morgan fingerprint density at radius 1 is 1.23 bits per heavy atom. The zero-order chi connectivity index (χ0) is 19.4. The van der Waals surface area contributed by atoms with Crippen molar-refractivity contribution in [3.63, 3.8) is 0 Å². The molecule has 0 unspecified atom stereocenters. The van der Waals surface area contributed by atoms with Crippen molar-refractivity contribution in [1.82, 2.24) is 9.97 Å². The molecule has 0 fully saturated rings. The molecule has 1 aromatic carbocycles. The molecule has 0 aliphatic rings. The highest BCUT2D eigenvalue weighted by Crippen LogP contribution is 2.26. The van der Waals surface area contributed by atoms with Gasteiger partial charge in [-0.1, -0.05) is 0 Å². The van der Waals surface area contributed by atoms with Gasteiger partial charge in [0.2, 0.25) is 21.9 Å². The molecule has 0 saturated heterocycles. The highest BCUT2D eigenvalue weighted by Gasteiger charge is 2.26. The smallest absolute Gasteiger partial charge is 0.389 e. The number of ether oxygens (including phenoxy) is 1. The van der Waals surface area contributed by atoms with E-state index in [9.17, 15) is 21.6 Å². The number of primary sulfonamides is 1. The van der Waals surface area contributed by atoms with Crippen LogP contribution in [0.25, 0.3) is 0 Å². The number of anilines is 2. The predicted octanol–water partition coefficient (Wildman–Crippen LogP) is 3.35. The molecule has 0 aliphatic heterocycles. The van der Waals surface area contributed by atoms with E-state index in [0.717, 1.165) is 0 Å². The minimum absolute atomic E-state index is 0.0477. The SMILES string of the molecule is NS(=O)(=O)c1ccc(Nc2ncc(Br)c(OCCCC(F)(F)F)n2)cc1. The van der Waals surface area contributed by atoms with E-state index < -0.39 is 22.6 Å².